The number of rotatable bonds is 6. The average Bonchev–Trinajstić information content (AvgIpc) is 3.18. The molecule has 1 aromatic carbocycles. The van der Waals surface area contributed by atoms with E-state index in [1.165, 1.54) is 6.20 Å². The van der Waals surface area contributed by atoms with Gasteiger partial charge in [0.05, 0.1) is 16.6 Å². The van der Waals surface area contributed by atoms with Crippen molar-refractivity contribution in [1.82, 2.24) is 19.9 Å². The summed E-state index contributed by atoms with van der Waals surface area (Å²) in [5.41, 5.74) is 8.23. The van der Waals surface area contributed by atoms with Gasteiger partial charge in [-0.25, -0.2) is 15.0 Å². The molecule has 0 spiro atoms. The fourth-order valence-electron chi connectivity index (χ4n) is 3.24. The molecular weight excluding hydrogens is 416 g/mol. The van der Waals surface area contributed by atoms with Crippen molar-refractivity contribution in [2.75, 3.05) is 5.32 Å². The number of primary amides is 1. The number of carbonyl (C=O) groups excluding carboxylic acids is 2. The smallest absolute Gasteiger partial charge is 0.289 e. The first-order valence-electron chi connectivity index (χ1n) is 9.45. The average molecular weight is 437 g/mol. The van der Waals surface area contributed by atoms with E-state index in [2.05, 4.69) is 20.3 Å². The molecule has 0 fully saturated rings. The molecule has 4 rings (SSSR count). The lowest BCUT2D eigenvalue weighted by molar-refractivity contribution is -0.114. The van der Waals surface area contributed by atoms with Crippen molar-refractivity contribution in [2.45, 2.75) is 19.8 Å². The second-order valence-corrected chi connectivity index (χ2v) is 7.12. The number of fused-ring (bicyclic) bond motifs is 1. The van der Waals surface area contributed by atoms with Crippen LogP contribution in [0.2, 0.25) is 0 Å². The van der Waals surface area contributed by atoms with Gasteiger partial charge < -0.3 is 16.0 Å². The van der Waals surface area contributed by atoms with Crippen molar-refractivity contribution < 1.29 is 9.59 Å². The van der Waals surface area contributed by atoms with E-state index >= 15 is 0 Å². The van der Waals surface area contributed by atoms with Crippen LogP contribution in [0.1, 0.15) is 35.7 Å². The summed E-state index contributed by atoms with van der Waals surface area (Å²) in [6.07, 6.45) is 4.84. The molecule has 0 aliphatic carbocycles. The van der Waals surface area contributed by atoms with E-state index < -0.39 is 11.7 Å². The van der Waals surface area contributed by atoms with Crippen LogP contribution in [0.25, 0.3) is 22.4 Å². The van der Waals surface area contributed by atoms with Crippen molar-refractivity contribution in [3.05, 3.63) is 66.1 Å². The third kappa shape index (κ3) is 4.24. The van der Waals surface area contributed by atoms with Gasteiger partial charge in [0, 0.05) is 29.7 Å². The highest BCUT2D eigenvalue weighted by Gasteiger charge is 2.21. The summed E-state index contributed by atoms with van der Waals surface area (Å²) in [6.45, 7) is 4.10. The molecule has 0 radical (unpaired) electrons. The van der Waals surface area contributed by atoms with E-state index in [4.69, 9.17) is 10.7 Å². The van der Waals surface area contributed by atoms with E-state index in [9.17, 15) is 9.59 Å². The van der Waals surface area contributed by atoms with E-state index in [1.807, 2.05) is 44.2 Å². The van der Waals surface area contributed by atoms with Gasteiger partial charge in [0.15, 0.2) is 5.82 Å². The maximum atomic E-state index is 12.3. The summed E-state index contributed by atoms with van der Waals surface area (Å²) in [7, 11) is 0. The zero-order valence-corrected chi connectivity index (χ0v) is 17.7. The van der Waals surface area contributed by atoms with Gasteiger partial charge in [-0.1, -0.05) is 44.2 Å². The molecule has 3 aromatic heterocycles. The van der Waals surface area contributed by atoms with Gasteiger partial charge >= 0.3 is 0 Å². The zero-order valence-electron chi connectivity index (χ0n) is 16.9. The van der Waals surface area contributed by atoms with Crippen LogP contribution in [-0.4, -0.2) is 31.6 Å². The van der Waals surface area contributed by atoms with Crippen LogP contribution >= 0.6 is 12.4 Å². The van der Waals surface area contributed by atoms with E-state index in [1.54, 1.807) is 18.5 Å². The Morgan fingerprint density at radius 1 is 1.10 bits per heavy atom. The molecule has 0 bridgehead atoms. The number of aromatic amines is 1. The Hall–Kier alpha value is -3.78. The lowest BCUT2D eigenvalue weighted by Gasteiger charge is -2.15. The number of aromatic nitrogens is 4. The summed E-state index contributed by atoms with van der Waals surface area (Å²) in [4.78, 5) is 40.1. The molecule has 158 valence electrons. The Morgan fingerprint density at radius 3 is 2.52 bits per heavy atom. The van der Waals surface area contributed by atoms with Gasteiger partial charge in [0.2, 0.25) is 0 Å². The van der Waals surface area contributed by atoms with Gasteiger partial charge in [-0.05, 0) is 12.0 Å². The van der Waals surface area contributed by atoms with Crippen LogP contribution in [0.4, 0.5) is 11.5 Å². The largest absolute Gasteiger partial charge is 0.363 e. The fourth-order valence-corrected chi connectivity index (χ4v) is 3.24. The summed E-state index contributed by atoms with van der Waals surface area (Å²) < 4.78 is 0. The van der Waals surface area contributed by atoms with Crippen LogP contribution in [0, 0.1) is 0 Å². The van der Waals surface area contributed by atoms with Gasteiger partial charge in [-0.2, -0.15) is 0 Å². The summed E-state index contributed by atoms with van der Waals surface area (Å²) >= 11 is 0. The number of hydrogen-bond acceptors (Lipinski definition) is 6. The molecule has 4 aromatic rings. The highest BCUT2D eigenvalue weighted by molar-refractivity contribution is 6.44. The number of nitrogens with one attached hydrogen (secondary N) is 2. The molecule has 0 aliphatic heterocycles. The van der Waals surface area contributed by atoms with Gasteiger partial charge in [0.25, 0.3) is 11.7 Å². The molecule has 0 unspecified atom stereocenters. The number of benzene rings is 1. The second kappa shape index (κ2) is 8.93. The Morgan fingerprint density at radius 2 is 1.84 bits per heavy atom. The van der Waals surface area contributed by atoms with Gasteiger partial charge in [-0.3, -0.25) is 9.59 Å². The summed E-state index contributed by atoms with van der Waals surface area (Å²) in [6, 6.07) is 11.4. The van der Waals surface area contributed by atoms with Crippen molar-refractivity contribution in [3.8, 4) is 11.4 Å². The lowest BCUT2D eigenvalue weighted by Crippen LogP contribution is -2.22. The minimum atomic E-state index is -1.03. The number of nitrogens with zero attached hydrogens (tertiary/aromatic N) is 3. The minimum Gasteiger partial charge on any atom is -0.363 e. The molecule has 8 nitrogen and oxygen atoms in total. The first-order chi connectivity index (χ1) is 14.5. The fraction of sp³-hybridized carbons (Fsp3) is 0.136. The molecule has 0 aliphatic rings. The number of amides is 1. The highest BCUT2D eigenvalue weighted by atomic mass is 35.5. The third-order valence-electron chi connectivity index (χ3n) is 4.77. The van der Waals surface area contributed by atoms with Gasteiger partial charge in [-0.15, -0.1) is 12.4 Å². The van der Waals surface area contributed by atoms with Crippen LogP contribution in [0.5, 0.6) is 0 Å². The van der Waals surface area contributed by atoms with Crippen molar-refractivity contribution in [2.24, 2.45) is 5.73 Å². The number of carbonyl (C=O) groups is 2. The molecule has 31 heavy (non-hydrogen) atoms. The second-order valence-electron chi connectivity index (χ2n) is 7.12. The van der Waals surface area contributed by atoms with E-state index in [-0.39, 0.29) is 23.9 Å². The maximum Gasteiger partial charge on any atom is 0.289 e. The SMILES string of the molecule is CC(C)c1cnc(-c2ccccc2)nc1Nc1ccnc2[nH]cc(C(=O)C(N)=O)c12.Cl. The maximum absolute atomic E-state index is 12.3. The number of Topliss-reactive ketones (excluding diaryl/α,β-unsaturated/α-hetero) is 1. The Balaban J connectivity index is 0.00000272. The van der Waals surface area contributed by atoms with Crippen molar-refractivity contribution in [3.63, 3.8) is 0 Å². The zero-order chi connectivity index (χ0) is 21.3. The first kappa shape index (κ1) is 21.9. The van der Waals surface area contributed by atoms with E-state index in [0.717, 1.165) is 11.1 Å². The third-order valence-corrected chi connectivity index (χ3v) is 4.77. The molecule has 0 saturated heterocycles. The number of H-pyrrole nitrogens is 1. The molecule has 9 heteroatoms. The van der Waals surface area contributed by atoms with Crippen LogP contribution in [-0.2, 0) is 4.79 Å². The predicted molar refractivity (Wildman–Crippen MR) is 122 cm³/mol. The van der Waals surface area contributed by atoms with Crippen LogP contribution in [0.3, 0.4) is 0 Å². The van der Waals surface area contributed by atoms with Crippen molar-refractivity contribution >= 4 is 46.6 Å². The number of pyridine rings is 1. The normalized spacial score (nSPS) is 10.7. The number of hydrogen-bond donors (Lipinski definition) is 3. The molecular formula is C22H21ClN6O2. The molecule has 0 atom stereocenters. The summed E-state index contributed by atoms with van der Waals surface area (Å²) in [5.74, 6) is -0.455. The minimum absolute atomic E-state index is 0. The van der Waals surface area contributed by atoms with E-state index in [0.29, 0.717) is 28.4 Å². The number of anilines is 2. The van der Waals surface area contributed by atoms with Crippen LogP contribution in [0.15, 0.2) is 55.0 Å². The highest BCUT2D eigenvalue weighted by Crippen LogP contribution is 2.32. The Kier molecular flexibility index (Phi) is 6.31. The Bertz CT molecular complexity index is 1250. The molecule has 1 amide bonds. The van der Waals surface area contributed by atoms with Gasteiger partial charge in [0.1, 0.15) is 11.5 Å². The lowest BCUT2D eigenvalue weighted by atomic mass is 10.0. The molecule has 0 saturated carbocycles. The number of nitrogens with two attached hydrogens (primary N) is 1. The monoisotopic (exact) mass is 436 g/mol. The summed E-state index contributed by atoms with van der Waals surface area (Å²) in [5, 5.41) is 3.79. The molecule has 4 N–H and O–H groups in total. The first-order valence-corrected chi connectivity index (χ1v) is 9.45. The standard InChI is InChI=1S/C22H20N6O2.ClH/c1-12(2)14-10-25-20(13-6-4-3-5-7-13)28-21(14)27-16-8-9-24-22-17(16)15(11-26-22)18(29)19(23)30;/h3-12H,1-2H3,(H2,23,30)(H2,24,25,26,27,28);1H. The molecule has 3 heterocycles. The van der Waals surface area contributed by atoms with Crippen LogP contribution < -0.4 is 11.1 Å². The topological polar surface area (TPSA) is 127 Å². The number of ketones is 1. The quantitative estimate of drug-likeness (QED) is 0.310. The Labute approximate surface area is 184 Å². The number of halogens is 1. The predicted octanol–water partition coefficient (Wildman–Crippen LogP) is 3.98. The van der Waals surface area contributed by atoms with Crippen molar-refractivity contribution in [1.29, 1.82) is 0 Å².